The number of nitrogens with zero attached hydrogens (tertiary/aromatic N) is 1. The highest BCUT2D eigenvalue weighted by atomic mass is 19.1. The van der Waals surface area contributed by atoms with Crippen LogP contribution in [0.1, 0.15) is 5.69 Å². The summed E-state index contributed by atoms with van der Waals surface area (Å²) in [6.07, 6.45) is 2.18. The van der Waals surface area contributed by atoms with Crippen molar-refractivity contribution >= 4 is 0 Å². The number of hydrogen-bond acceptors (Lipinski definition) is 1. The largest absolute Gasteiger partial charge is 0.248 e. The highest BCUT2D eigenvalue weighted by Crippen LogP contribution is 1.93. The molecular weight excluding hydrogens is 105 g/mol. The van der Waals surface area contributed by atoms with Crippen LogP contribution in [-0.4, -0.2) is 4.98 Å². The molecule has 0 aliphatic rings. The van der Waals surface area contributed by atoms with Crippen LogP contribution in [0.2, 0.25) is 0 Å². The van der Waals surface area contributed by atoms with Crippen molar-refractivity contribution in [2.75, 3.05) is 0 Å². The predicted molar refractivity (Wildman–Crippen MR) is 27.8 cm³/mol. The van der Waals surface area contributed by atoms with Gasteiger partial charge in [-0.15, -0.1) is 0 Å². The molecule has 0 N–H and O–H groups in total. The average Bonchev–Trinajstić information content (AvgIpc) is 1.77. The maximum atomic E-state index is 12.0. The summed E-state index contributed by atoms with van der Waals surface area (Å²) >= 11 is 0. The molecule has 1 nitrogen and oxygen atoms in total. The summed E-state index contributed by atoms with van der Waals surface area (Å²) in [7, 11) is 0. The van der Waals surface area contributed by atoms with E-state index in [1.807, 2.05) is 0 Å². The molecule has 1 radical (unpaired) electrons. The zero-order valence-electron chi connectivity index (χ0n) is 4.48. The predicted octanol–water partition coefficient (Wildman–Crippen LogP) is 1.33. The van der Waals surface area contributed by atoms with Gasteiger partial charge in [-0.05, 0) is 19.1 Å². The Balaban J connectivity index is 3.03. The molecule has 0 aromatic carbocycles. The molecule has 1 heterocycles. The van der Waals surface area contributed by atoms with Gasteiger partial charge in [0.2, 0.25) is 0 Å². The van der Waals surface area contributed by atoms with E-state index in [4.69, 9.17) is 0 Å². The molecule has 0 saturated carbocycles. The second-order valence-electron chi connectivity index (χ2n) is 1.55. The molecule has 0 aliphatic heterocycles. The van der Waals surface area contributed by atoms with Crippen LogP contribution in [-0.2, 0) is 0 Å². The summed E-state index contributed by atoms with van der Waals surface area (Å²) in [5, 5.41) is 0. The Bertz CT molecular complexity index is 147. The Morgan fingerprint density at radius 2 is 2.38 bits per heavy atom. The fraction of sp³-hybridized carbons (Fsp3) is 0.167. The number of halogens is 1. The Kier molecular flexibility index (Phi) is 1.24. The Labute approximate surface area is 47.2 Å². The van der Waals surface area contributed by atoms with Crippen LogP contribution in [0.4, 0.5) is 4.39 Å². The fourth-order valence-electron chi connectivity index (χ4n) is 0.410. The van der Waals surface area contributed by atoms with Crippen LogP contribution in [0.5, 0.6) is 0 Å². The fourth-order valence-corrected chi connectivity index (χ4v) is 0.410. The van der Waals surface area contributed by atoms with E-state index in [-0.39, 0.29) is 0 Å². The van der Waals surface area contributed by atoms with E-state index in [0.29, 0.717) is 0 Å². The summed E-state index contributed by atoms with van der Waals surface area (Å²) in [6, 6.07) is 2.94. The van der Waals surface area contributed by atoms with Gasteiger partial charge in [0.1, 0.15) is 6.20 Å². The van der Waals surface area contributed by atoms with Crippen molar-refractivity contribution in [1.29, 1.82) is 0 Å². The number of aromatic nitrogens is 1. The molecule has 41 valence electrons. The van der Waals surface area contributed by atoms with Crippen LogP contribution in [0.25, 0.3) is 0 Å². The summed E-state index contributed by atoms with van der Waals surface area (Å²) in [5.41, 5.74) is 0.784. The Morgan fingerprint density at radius 3 is 2.75 bits per heavy atom. The highest BCUT2D eigenvalue weighted by Gasteiger charge is 1.86. The number of rotatable bonds is 0. The topological polar surface area (TPSA) is 12.9 Å². The van der Waals surface area contributed by atoms with E-state index in [1.54, 1.807) is 13.0 Å². The van der Waals surface area contributed by atoms with Crippen LogP contribution >= 0.6 is 0 Å². The minimum absolute atomic E-state index is 0.407. The number of pyridine rings is 1. The zero-order valence-corrected chi connectivity index (χ0v) is 4.48. The van der Waals surface area contributed by atoms with Crippen LogP contribution in [0.3, 0.4) is 0 Å². The normalized spacial score (nSPS) is 9.25. The lowest BCUT2D eigenvalue weighted by molar-refractivity contribution is 0.617. The van der Waals surface area contributed by atoms with E-state index in [2.05, 4.69) is 11.2 Å². The lowest BCUT2D eigenvalue weighted by atomic mass is 10.4. The first-order valence-corrected chi connectivity index (χ1v) is 2.30. The van der Waals surface area contributed by atoms with E-state index in [0.717, 1.165) is 5.69 Å². The van der Waals surface area contributed by atoms with Gasteiger partial charge in [-0.25, -0.2) is 9.37 Å². The van der Waals surface area contributed by atoms with Gasteiger partial charge in [0.25, 0.3) is 0 Å². The summed E-state index contributed by atoms with van der Waals surface area (Å²) in [6.45, 7) is 1.79. The third kappa shape index (κ3) is 1.03. The highest BCUT2D eigenvalue weighted by molar-refractivity contribution is 5.01. The molecule has 0 aliphatic carbocycles. The lowest BCUT2D eigenvalue weighted by Crippen LogP contribution is -1.80. The molecule has 0 spiro atoms. The molecule has 0 fully saturated rings. The minimum atomic E-state index is -0.407. The Hall–Kier alpha value is -0.920. The molecule has 1 rings (SSSR count). The number of aryl methyl sites for hydroxylation is 1. The van der Waals surface area contributed by atoms with Gasteiger partial charge in [-0.2, -0.15) is 0 Å². The van der Waals surface area contributed by atoms with Crippen molar-refractivity contribution in [1.82, 2.24) is 4.98 Å². The molecular formula is C6H5FN. The summed E-state index contributed by atoms with van der Waals surface area (Å²) < 4.78 is 12.0. The van der Waals surface area contributed by atoms with E-state index >= 15 is 0 Å². The molecule has 0 atom stereocenters. The number of hydrogen-bond donors (Lipinski definition) is 0. The lowest BCUT2D eigenvalue weighted by Gasteiger charge is -1.85. The van der Waals surface area contributed by atoms with E-state index in [1.165, 1.54) is 6.07 Å². The third-order valence-corrected chi connectivity index (χ3v) is 0.810. The average molecular weight is 110 g/mol. The maximum absolute atomic E-state index is 12.0. The molecule has 2 heteroatoms. The molecule has 1 aromatic rings. The van der Waals surface area contributed by atoms with Gasteiger partial charge in [-0.1, -0.05) is 0 Å². The van der Waals surface area contributed by atoms with Crippen molar-refractivity contribution < 1.29 is 4.39 Å². The van der Waals surface area contributed by atoms with Crippen LogP contribution in [0, 0.1) is 18.9 Å². The van der Waals surface area contributed by atoms with Gasteiger partial charge in [0.15, 0.2) is 5.82 Å². The van der Waals surface area contributed by atoms with Gasteiger partial charge >= 0.3 is 0 Å². The standard InChI is InChI=1S/C6H5FN/c1-5-2-3-6(7)4-8-5/h2-3H,1H3. The smallest absolute Gasteiger partial charge is 0.151 e. The van der Waals surface area contributed by atoms with Crippen molar-refractivity contribution in [2.24, 2.45) is 0 Å². The van der Waals surface area contributed by atoms with Gasteiger partial charge in [0, 0.05) is 5.69 Å². The molecule has 0 unspecified atom stereocenters. The van der Waals surface area contributed by atoms with Crippen molar-refractivity contribution in [3.05, 3.63) is 29.8 Å². The second kappa shape index (κ2) is 1.90. The van der Waals surface area contributed by atoms with Crippen LogP contribution in [0.15, 0.2) is 12.1 Å². The van der Waals surface area contributed by atoms with E-state index < -0.39 is 5.82 Å². The maximum Gasteiger partial charge on any atom is 0.151 e. The van der Waals surface area contributed by atoms with Gasteiger partial charge in [0.05, 0.1) is 0 Å². The van der Waals surface area contributed by atoms with Gasteiger partial charge in [-0.3, -0.25) is 0 Å². The molecule has 0 bridgehead atoms. The van der Waals surface area contributed by atoms with Crippen LogP contribution < -0.4 is 0 Å². The minimum Gasteiger partial charge on any atom is -0.248 e. The van der Waals surface area contributed by atoms with Crippen molar-refractivity contribution in [3.8, 4) is 0 Å². The Morgan fingerprint density at radius 1 is 1.62 bits per heavy atom. The van der Waals surface area contributed by atoms with E-state index in [9.17, 15) is 4.39 Å². The first-order chi connectivity index (χ1) is 3.79. The molecule has 0 saturated heterocycles. The molecule has 1 aromatic heterocycles. The first kappa shape index (κ1) is 5.22. The zero-order chi connectivity index (χ0) is 5.98. The first-order valence-electron chi connectivity index (χ1n) is 2.30. The van der Waals surface area contributed by atoms with Crippen molar-refractivity contribution in [3.63, 3.8) is 0 Å². The molecule has 0 amide bonds. The summed E-state index contributed by atoms with van der Waals surface area (Å²) in [4.78, 5) is 3.58. The monoisotopic (exact) mass is 110 g/mol. The molecule has 8 heavy (non-hydrogen) atoms. The second-order valence-corrected chi connectivity index (χ2v) is 1.55. The van der Waals surface area contributed by atoms with Gasteiger partial charge < -0.3 is 0 Å². The third-order valence-electron chi connectivity index (χ3n) is 0.810. The quantitative estimate of drug-likeness (QED) is 0.491. The van der Waals surface area contributed by atoms with Crippen molar-refractivity contribution in [2.45, 2.75) is 6.92 Å². The summed E-state index contributed by atoms with van der Waals surface area (Å²) in [5.74, 6) is -0.407. The SMILES string of the molecule is Cc1ccc(F)[c]n1.